The average molecular weight is 401 g/mol. The average Bonchev–Trinajstić information content (AvgIpc) is 2.56. The second-order valence-electron chi connectivity index (χ2n) is 4.66. The van der Waals surface area contributed by atoms with Crippen LogP contribution in [0.3, 0.4) is 0 Å². The fraction of sp³-hybridized carbons (Fsp3) is 0.250. The van der Waals surface area contributed by atoms with Gasteiger partial charge in [-0.05, 0) is 40.5 Å². The molecule has 0 unspecified atom stereocenters. The second kappa shape index (κ2) is 7.19. The first-order chi connectivity index (χ1) is 10.9. The molecule has 23 heavy (non-hydrogen) atoms. The summed E-state index contributed by atoms with van der Waals surface area (Å²) in [5, 5.41) is 0.326. The molecule has 0 bridgehead atoms. The van der Waals surface area contributed by atoms with Crippen molar-refractivity contribution in [3.05, 3.63) is 44.5 Å². The molecule has 0 saturated heterocycles. The number of benzene rings is 1. The van der Waals surface area contributed by atoms with Crippen molar-refractivity contribution in [2.75, 3.05) is 21.3 Å². The highest BCUT2D eigenvalue weighted by molar-refractivity contribution is 9.10. The Balaban J connectivity index is 2.64. The normalized spacial score (nSPS) is 10.3. The van der Waals surface area contributed by atoms with Crippen LogP contribution in [0.1, 0.15) is 21.5 Å². The number of hydrogen-bond acceptors (Lipinski definition) is 5. The predicted octanol–water partition coefficient (Wildman–Crippen LogP) is 4.06. The van der Waals surface area contributed by atoms with Gasteiger partial charge in [-0.15, -0.1) is 0 Å². The third kappa shape index (κ3) is 3.28. The lowest BCUT2D eigenvalue weighted by molar-refractivity contribution is 0.103. The molecule has 1 aromatic heterocycles. The number of methoxy groups -OCH3 is 3. The fourth-order valence-corrected chi connectivity index (χ4v) is 2.76. The van der Waals surface area contributed by atoms with Crippen LogP contribution in [0.15, 0.2) is 22.8 Å². The van der Waals surface area contributed by atoms with Gasteiger partial charge in [0.05, 0.1) is 37.0 Å². The van der Waals surface area contributed by atoms with E-state index in [0.29, 0.717) is 26.6 Å². The summed E-state index contributed by atoms with van der Waals surface area (Å²) in [6.07, 6.45) is 1.42. The van der Waals surface area contributed by atoms with Gasteiger partial charge in [-0.1, -0.05) is 11.6 Å². The lowest BCUT2D eigenvalue weighted by atomic mass is 9.99. The van der Waals surface area contributed by atoms with Crippen LogP contribution < -0.4 is 14.2 Å². The summed E-state index contributed by atoms with van der Waals surface area (Å²) in [5.74, 6) is 0.936. The van der Waals surface area contributed by atoms with Crippen LogP contribution in [0.5, 0.6) is 17.4 Å². The summed E-state index contributed by atoms with van der Waals surface area (Å²) >= 11 is 9.39. The number of aryl methyl sites for hydroxylation is 1. The van der Waals surface area contributed by atoms with E-state index in [4.69, 9.17) is 25.8 Å². The molecule has 0 aliphatic heterocycles. The van der Waals surface area contributed by atoms with Gasteiger partial charge in [-0.2, -0.15) is 0 Å². The van der Waals surface area contributed by atoms with Gasteiger partial charge >= 0.3 is 0 Å². The SMILES string of the molecule is COc1cc(C)c(C(=O)c2c(OC)ncc(Cl)c2Br)cc1OC. The number of aromatic nitrogens is 1. The summed E-state index contributed by atoms with van der Waals surface area (Å²) in [6, 6.07) is 3.37. The monoisotopic (exact) mass is 399 g/mol. The Morgan fingerprint density at radius 3 is 2.30 bits per heavy atom. The van der Waals surface area contributed by atoms with Crippen molar-refractivity contribution >= 4 is 33.3 Å². The van der Waals surface area contributed by atoms with Gasteiger partial charge in [-0.25, -0.2) is 4.98 Å². The summed E-state index contributed by atoms with van der Waals surface area (Å²) in [5.41, 5.74) is 1.45. The molecular formula is C16H15BrClNO4. The lowest BCUT2D eigenvalue weighted by Gasteiger charge is -2.14. The summed E-state index contributed by atoms with van der Waals surface area (Å²) in [7, 11) is 4.50. The highest BCUT2D eigenvalue weighted by atomic mass is 79.9. The Hall–Kier alpha value is -1.79. The zero-order valence-electron chi connectivity index (χ0n) is 13.1. The molecule has 7 heteroatoms. The molecule has 0 N–H and O–H groups in total. The van der Waals surface area contributed by atoms with E-state index in [1.807, 2.05) is 6.92 Å². The minimum Gasteiger partial charge on any atom is -0.493 e. The van der Waals surface area contributed by atoms with Crippen LogP contribution in [-0.2, 0) is 0 Å². The van der Waals surface area contributed by atoms with Crippen LogP contribution in [0, 0.1) is 6.92 Å². The van der Waals surface area contributed by atoms with Crippen LogP contribution >= 0.6 is 27.5 Å². The molecule has 0 aliphatic carbocycles. The standard InChI is InChI=1S/C16H15BrClNO4/c1-8-5-11(21-2)12(22-3)6-9(8)15(20)13-14(17)10(18)7-19-16(13)23-4/h5-7H,1-4H3. The molecule has 1 heterocycles. The molecule has 0 atom stereocenters. The molecule has 0 amide bonds. The molecule has 5 nitrogen and oxygen atoms in total. The molecule has 0 aliphatic rings. The maximum atomic E-state index is 13.0. The molecular weight excluding hydrogens is 386 g/mol. The maximum Gasteiger partial charge on any atom is 0.225 e. The van der Waals surface area contributed by atoms with Crippen molar-refractivity contribution in [1.82, 2.24) is 4.98 Å². The molecule has 0 fully saturated rings. The number of ether oxygens (including phenoxy) is 3. The number of carbonyl (C=O) groups is 1. The first-order valence-corrected chi connectivity index (χ1v) is 7.77. The van der Waals surface area contributed by atoms with Gasteiger partial charge in [0.2, 0.25) is 5.88 Å². The maximum absolute atomic E-state index is 13.0. The van der Waals surface area contributed by atoms with Crippen molar-refractivity contribution in [1.29, 1.82) is 0 Å². The van der Waals surface area contributed by atoms with Crippen molar-refractivity contribution in [3.8, 4) is 17.4 Å². The van der Waals surface area contributed by atoms with Crippen LogP contribution in [0.25, 0.3) is 0 Å². The quantitative estimate of drug-likeness (QED) is 0.708. The van der Waals surface area contributed by atoms with Crippen molar-refractivity contribution in [2.24, 2.45) is 0 Å². The van der Waals surface area contributed by atoms with Crippen LogP contribution in [-0.4, -0.2) is 32.1 Å². The Morgan fingerprint density at radius 1 is 1.13 bits per heavy atom. The Kier molecular flexibility index (Phi) is 5.49. The van der Waals surface area contributed by atoms with E-state index < -0.39 is 0 Å². The number of hydrogen-bond donors (Lipinski definition) is 0. The van der Waals surface area contributed by atoms with E-state index in [9.17, 15) is 4.79 Å². The minimum atomic E-state index is -0.276. The molecule has 0 spiro atoms. The topological polar surface area (TPSA) is 57.7 Å². The number of rotatable bonds is 5. The number of carbonyl (C=O) groups excluding carboxylic acids is 1. The van der Waals surface area contributed by atoms with Gasteiger partial charge in [0, 0.05) is 5.56 Å². The number of pyridine rings is 1. The third-order valence-electron chi connectivity index (χ3n) is 3.33. The number of nitrogens with zero attached hydrogens (tertiary/aromatic N) is 1. The molecule has 1 aromatic carbocycles. The molecule has 0 saturated carbocycles. The number of halogens is 2. The second-order valence-corrected chi connectivity index (χ2v) is 5.86. The van der Waals surface area contributed by atoms with Crippen molar-refractivity contribution in [2.45, 2.75) is 6.92 Å². The zero-order chi connectivity index (χ0) is 17.1. The van der Waals surface area contributed by atoms with E-state index >= 15 is 0 Å². The van der Waals surface area contributed by atoms with Crippen molar-refractivity contribution < 1.29 is 19.0 Å². The van der Waals surface area contributed by atoms with Gasteiger partial charge in [0.1, 0.15) is 5.56 Å². The van der Waals surface area contributed by atoms with Gasteiger partial charge in [0.15, 0.2) is 17.3 Å². The summed E-state index contributed by atoms with van der Waals surface area (Å²) in [4.78, 5) is 17.0. The van der Waals surface area contributed by atoms with E-state index in [2.05, 4.69) is 20.9 Å². The molecule has 0 radical (unpaired) electrons. The minimum absolute atomic E-state index is 0.195. The van der Waals surface area contributed by atoms with Gasteiger partial charge in [-0.3, -0.25) is 4.79 Å². The third-order valence-corrected chi connectivity index (χ3v) is 4.67. The molecule has 122 valence electrons. The van der Waals surface area contributed by atoms with Crippen LogP contribution in [0.4, 0.5) is 0 Å². The Bertz CT molecular complexity index is 764. The van der Waals surface area contributed by atoms with E-state index in [1.165, 1.54) is 20.4 Å². The predicted molar refractivity (Wildman–Crippen MR) is 91.2 cm³/mol. The van der Waals surface area contributed by atoms with E-state index in [0.717, 1.165) is 5.56 Å². The Morgan fingerprint density at radius 2 is 1.74 bits per heavy atom. The van der Waals surface area contributed by atoms with Crippen LogP contribution in [0.2, 0.25) is 5.02 Å². The number of ketones is 1. The lowest BCUT2D eigenvalue weighted by Crippen LogP contribution is -2.09. The van der Waals surface area contributed by atoms with E-state index in [1.54, 1.807) is 19.2 Å². The molecule has 2 rings (SSSR count). The summed E-state index contributed by atoms with van der Waals surface area (Å²) in [6.45, 7) is 1.81. The molecule has 2 aromatic rings. The van der Waals surface area contributed by atoms with Crippen molar-refractivity contribution in [3.63, 3.8) is 0 Å². The first kappa shape index (κ1) is 17.6. The van der Waals surface area contributed by atoms with E-state index in [-0.39, 0.29) is 17.2 Å². The Labute approximate surface area is 147 Å². The smallest absolute Gasteiger partial charge is 0.225 e. The highest BCUT2D eigenvalue weighted by Crippen LogP contribution is 2.36. The van der Waals surface area contributed by atoms with Gasteiger partial charge in [0.25, 0.3) is 0 Å². The van der Waals surface area contributed by atoms with Gasteiger partial charge < -0.3 is 14.2 Å². The highest BCUT2D eigenvalue weighted by Gasteiger charge is 2.24. The fourth-order valence-electron chi connectivity index (χ4n) is 2.16. The summed E-state index contributed by atoms with van der Waals surface area (Å²) < 4.78 is 16.1. The first-order valence-electron chi connectivity index (χ1n) is 6.59. The zero-order valence-corrected chi connectivity index (χ0v) is 15.4. The largest absolute Gasteiger partial charge is 0.493 e.